The molecular formula is C18H16IN3O2S2. The van der Waals surface area contributed by atoms with E-state index in [4.69, 9.17) is 0 Å². The van der Waals surface area contributed by atoms with E-state index < -0.39 is 0 Å². The molecule has 0 saturated heterocycles. The smallest absolute Gasteiger partial charge is 0.262 e. The number of thioether (sulfide) groups is 1. The number of benzene rings is 1. The Kier molecular flexibility index (Phi) is 5.07. The number of hydrogen-bond acceptors (Lipinski definition) is 5. The van der Waals surface area contributed by atoms with Gasteiger partial charge in [0, 0.05) is 15.5 Å². The Labute approximate surface area is 172 Å². The van der Waals surface area contributed by atoms with E-state index in [2.05, 4.69) is 32.9 Å². The van der Waals surface area contributed by atoms with Crippen molar-refractivity contribution < 1.29 is 4.79 Å². The van der Waals surface area contributed by atoms with E-state index in [0.717, 1.165) is 38.7 Å². The molecule has 4 rings (SSSR count). The third-order valence-electron chi connectivity index (χ3n) is 4.39. The van der Waals surface area contributed by atoms with Crippen LogP contribution in [-0.2, 0) is 24.7 Å². The minimum atomic E-state index is -0.109. The number of anilines is 1. The van der Waals surface area contributed by atoms with Gasteiger partial charge in [-0.3, -0.25) is 14.2 Å². The van der Waals surface area contributed by atoms with Crippen molar-refractivity contribution >= 4 is 67.5 Å². The van der Waals surface area contributed by atoms with Gasteiger partial charge in [-0.1, -0.05) is 23.9 Å². The molecule has 1 amide bonds. The molecular weight excluding hydrogens is 481 g/mol. The molecule has 2 aromatic heterocycles. The van der Waals surface area contributed by atoms with Crippen LogP contribution in [-0.4, -0.2) is 21.2 Å². The van der Waals surface area contributed by atoms with Gasteiger partial charge in [-0.25, -0.2) is 4.98 Å². The summed E-state index contributed by atoms with van der Waals surface area (Å²) in [6.45, 7) is 0. The fourth-order valence-corrected chi connectivity index (χ4v) is 5.71. The lowest BCUT2D eigenvalue weighted by Crippen LogP contribution is -2.21. The minimum absolute atomic E-state index is 0.00471. The van der Waals surface area contributed by atoms with Crippen LogP contribution in [0.3, 0.4) is 0 Å². The molecule has 0 bridgehead atoms. The summed E-state index contributed by atoms with van der Waals surface area (Å²) >= 11 is 5.11. The van der Waals surface area contributed by atoms with Crippen LogP contribution in [0, 0.1) is 3.57 Å². The number of fused-ring (bicyclic) bond motifs is 3. The highest BCUT2D eigenvalue weighted by molar-refractivity contribution is 14.1. The van der Waals surface area contributed by atoms with Crippen molar-refractivity contribution in [3.8, 4) is 0 Å². The average molecular weight is 497 g/mol. The molecule has 0 aliphatic heterocycles. The van der Waals surface area contributed by atoms with Crippen LogP contribution in [0.5, 0.6) is 0 Å². The highest BCUT2D eigenvalue weighted by Crippen LogP contribution is 2.35. The molecule has 134 valence electrons. The number of rotatable bonds is 4. The maximum Gasteiger partial charge on any atom is 0.262 e. The van der Waals surface area contributed by atoms with Gasteiger partial charge >= 0.3 is 0 Å². The molecule has 0 atom stereocenters. The van der Waals surface area contributed by atoms with Gasteiger partial charge in [0.15, 0.2) is 5.16 Å². The molecule has 0 radical (unpaired) electrons. The lowest BCUT2D eigenvalue weighted by Gasteiger charge is -2.09. The largest absolute Gasteiger partial charge is 0.324 e. The maximum atomic E-state index is 12.8. The van der Waals surface area contributed by atoms with Crippen molar-refractivity contribution in [2.45, 2.75) is 24.4 Å². The van der Waals surface area contributed by atoms with Crippen LogP contribution < -0.4 is 10.9 Å². The monoisotopic (exact) mass is 497 g/mol. The van der Waals surface area contributed by atoms with E-state index >= 15 is 0 Å². The fourth-order valence-electron chi connectivity index (χ4n) is 3.11. The number of nitrogens with zero attached hydrogens (tertiary/aromatic N) is 2. The molecule has 5 nitrogen and oxygen atoms in total. The van der Waals surface area contributed by atoms with E-state index in [-0.39, 0.29) is 17.2 Å². The Morgan fingerprint density at radius 2 is 2.19 bits per heavy atom. The van der Waals surface area contributed by atoms with Gasteiger partial charge in [-0.2, -0.15) is 0 Å². The number of carbonyl (C=O) groups is 1. The number of aromatic nitrogens is 2. The predicted molar refractivity (Wildman–Crippen MR) is 115 cm³/mol. The SMILES string of the molecule is Cn1c(SCC(=O)Nc2ccccc2I)nc2sc3c(c2c1=O)CCC3. The zero-order valence-corrected chi connectivity index (χ0v) is 17.8. The molecule has 0 unspecified atom stereocenters. The number of carbonyl (C=O) groups excluding carboxylic acids is 1. The Bertz CT molecular complexity index is 1070. The predicted octanol–water partition coefficient (Wildman–Crippen LogP) is 3.82. The maximum absolute atomic E-state index is 12.8. The first-order chi connectivity index (χ1) is 12.5. The van der Waals surface area contributed by atoms with Gasteiger partial charge in [0.25, 0.3) is 5.56 Å². The van der Waals surface area contributed by atoms with Gasteiger partial charge in [0.05, 0.1) is 16.8 Å². The quantitative estimate of drug-likeness (QED) is 0.338. The summed E-state index contributed by atoms with van der Waals surface area (Å²) in [4.78, 5) is 31.8. The van der Waals surface area contributed by atoms with Gasteiger partial charge < -0.3 is 5.32 Å². The number of halogens is 1. The number of hydrogen-bond donors (Lipinski definition) is 1. The van der Waals surface area contributed by atoms with E-state index in [1.807, 2.05) is 24.3 Å². The van der Waals surface area contributed by atoms with E-state index in [1.165, 1.54) is 22.2 Å². The van der Waals surface area contributed by atoms with Crippen LogP contribution in [0.15, 0.2) is 34.2 Å². The van der Waals surface area contributed by atoms with Crippen LogP contribution >= 0.6 is 45.7 Å². The summed E-state index contributed by atoms with van der Waals surface area (Å²) in [6.07, 6.45) is 3.13. The van der Waals surface area contributed by atoms with E-state index in [1.54, 1.807) is 23.0 Å². The number of para-hydroxylation sites is 1. The Morgan fingerprint density at radius 3 is 3.00 bits per heavy atom. The molecule has 0 saturated carbocycles. The zero-order chi connectivity index (χ0) is 18.3. The second kappa shape index (κ2) is 7.32. The molecule has 0 fully saturated rings. The Balaban J connectivity index is 1.54. The summed E-state index contributed by atoms with van der Waals surface area (Å²) in [5, 5.41) is 4.26. The zero-order valence-electron chi connectivity index (χ0n) is 14.0. The van der Waals surface area contributed by atoms with Gasteiger partial charge in [0.1, 0.15) is 4.83 Å². The molecule has 2 heterocycles. The van der Waals surface area contributed by atoms with Crippen LogP contribution in [0.2, 0.25) is 0 Å². The summed E-state index contributed by atoms with van der Waals surface area (Å²) in [5.74, 6) is 0.101. The van der Waals surface area contributed by atoms with Crippen LogP contribution in [0.4, 0.5) is 5.69 Å². The molecule has 1 aliphatic carbocycles. The molecule has 1 aromatic carbocycles. The highest BCUT2D eigenvalue weighted by atomic mass is 127. The number of amides is 1. The molecule has 3 aromatic rings. The lowest BCUT2D eigenvalue weighted by atomic mass is 10.2. The molecule has 1 aliphatic rings. The normalized spacial score (nSPS) is 13.2. The summed E-state index contributed by atoms with van der Waals surface area (Å²) in [7, 11) is 1.73. The molecule has 26 heavy (non-hydrogen) atoms. The van der Waals surface area contributed by atoms with Crippen LogP contribution in [0.25, 0.3) is 10.2 Å². The van der Waals surface area contributed by atoms with Crippen LogP contribution in [0.1, 0.15) is 16.9 Å². The van der Waals surface area contributed by atoms with E-state index in [9.17, 15) is 9.59 Å². The number of thiophene rings is 1. The van der Waals surface area contributed by atoms with Crippen molar-refractivity contribution in [3.05, 3.63) is 48.6 Å². The van der Waals surface area contributed by atoms with Gasteiger partial charge in [0.2, 0.25) is 5.91 Å². The summed E-state index contributed by atoms with van der Waals surface area (Å²) < 4.78 is 2.56. The van der Waals surface area contributed by atoms with Crippen molar-refractivity contribution in [2.75, 3.05) is 11.1 Å². The Morgan fingerprint density at radius 1 is 1.38 bits per heavy atom. The number of aryl methyl sites for hydroxylation is 2. The van der Waals surface area contributed by atoms with Gasteiger partial charge in [-0.15, -0.1) is 11.3 Å². The van der Waals surface area contributed by atoms with Gasteiger partial charge in [-0.05, 0) is 59.5 Å². The fraction of sp³-hybridized carbons (Fsp3) is 0.278. The first-order valence-electron chi connectivity index (χ1n) is 8.23. The molecule has 8 heteroatoms. The average Bonchev–Trinajstić information content (AvgIpc) is 3.19. The van der Waals surface area contributed by atoms with Crippen molar-refractivity contribution in [1.29, 1.82) is 0 Å². The van der Waals surface area contributed by atoms with Crippen molar-refractivity contribution in [1.82, 2.24) is 9.55 Å². The second-order valence-electron chi connectivity index (χ2n) is 6.11. The third-order valence-corrected chi connectivity index (χ3v) is 7.54. The third kappa shape index (κ3) is 3.29. The standard InChI is InChI=1S/C18H16IN3O2S2/c1-22-17(24)15-10-5-4-8-13(10)26-16(15)21-18(22)25-9-14(23)20-12-7-3-2-6-11(12)19/h2-3,6-7H,4-5,8-9H2,1H3,(H,20,23). The van der Waals surface area contributed by atoms with E-state index in [0.29, 0.717) is 5.16 Å². The Hall–Kier alpha value is -1.39. The molecule has 0 spiro atoms. The van der Waals surface area contributed by atoms with Crippen molar-refractivity contribution in [2.24, 2.45) is 7.05 Å². The lowest BCUT2D eigenvalue weighted by molar-refractivity contribution is -0.113. The first kappa shape index (κ1) is 18.0. The first-order valence-corrected chi connectivity index (χ1v) is 11.1. The summed E-state index contributed by atoms with van der Waals surface area (Å²) in [6, 6.07) is 7.63. The van der Waals surface area contributed by atoms with Crippen molar-refractivity contribution in [3.63, 3.8) is 0 Å². The molecule has 1 N–H and O–H groups in total. The second-order valence-corrected chi connectivity index (χ2v) is 9.30. The minimum Gasteiger partial charge on any atom is -0.324 e. The topological polar surface area (TPSA) is 64.0 Å². The highest BCUT2D eigenvalue weighted by Gasteiger charge is 2.22. The number of nitrogens with one attached hydrogen (secondary N) is 1. The summed E-state index contributed by atoms with van der Waals surface area (Å²) in [5.41, 5.74) is 1.98.